The zero-order valence-electron chi connectivity index (χ0n) is 9.77. The molecule has 0 amide bonds. The molecule has 1 fully saturated rings. The monoisotopic (exact) mass is 223 g/mol. The average Bonchev–Trinajstić information content (AvgIpc) is 2.38. The number of aliphatic imine (C=N–C) groups is 1. The van der Waals surface area contributed by atoms with Crippen LogP contribution in [0.5, 0.6) is 0 Å². The minimum atomic E-state index is 0.685. The second-order valence-electron chi connectivity index (χ2n) is 4.45. The molecule has 0 aromatic rings. The summed E-state index contributed by atoms with van der Waals surface area (Å²) in [5, 5.41) is 0. The molecule has 2 rings (SSSR count). The van der Waals surface area contributed by atoms with E-state index in [0.29, 0.717) is 11.9 Å². The van der Waals surface area contributed by atoms with Gasteiger partial charge in [-0.05, 0) is 25.2 Å². The normalized spacial score (nSPS) is 27.1. The first-order valence-electron chi connectivity index (χ1n) is 6.14. The Morgan fingerprint density at radius 3 is 2.88 bits per heavy atom. The van der Waals surface area contributed by atoms with E-state index in [9.17, 15) is 0 Å². The molecule has 1 heterocycles. The van der Waals surface area contributed by atoms with Gasteiger partial charge in [0, 0.05) is 19.6 Å². The van der Waals surface area contributed by atoms with E-state index in [4.69, 9.17) is 10.5 Å². The Bertz CT molecular complexity index is 269. The van der Waals surface area contributed by atoms with Crippen LogP contribution in [0.15, 0.2) is 17.1 Å². The molecule has 4 nitrogen and oxygen atoms in total. The second-order valence-corrected chi connectivity index (χ2v) is 4.45. The van der Waals surface area contributed by atoms with Crippen LogP contribution in [0, 0.1) is 5.92 Å². The van der Waals surface area contributed by atoms with Crippen molar-refractivity contribution in [2.75, 3.05) is 32.8 Å². The fourth-order valence-corrected chi connectivity index (χ4v) is 2.14. The topological polar surface area (TPSA) is 50.8 Å². The van der Waals surface area contributed by atoms with Crippen molar-refractivity contribution >= 4 is 5.96 Å². The summed E-state index contributed by atoms with van der Waals surface area (Å²) in [6.07, 6.45) is 8.11. The zero-order chi connectivity index (χ0) is 11.2. The van der Waals surface area contributed by atoms with Crippen molar-refractivity contribution in [3.05, 3.63) is 12.2 Å². The predicted octanol–water partition coefficient (Wildman–Crippen LogP) is 0.990. The Balaban J connectivity index is 1.78. The van der Waals surface area contributed by atoms with Crippen molar-refractivity contribution in [2.45, 2.75) is 19.3 Å². The van der Waals surface area contributed by atoms with Gasteiger partial charge in [-0.2, -0.15) is 0 Å². The average molecular weight is 223 g/mol. The van der Waals surface area contributed by atoms with E-state index in [0.717, 1.165) is 39.3 Å². The van der Waals surface area contributed by atoms with Crippen LogP contribution in [0.25, 0.3) is 0 Å². The fraction of sp³-hybridized carbons (Fsp3) is 0.750. The third-order valence-electron chi connectivity index (χ3n) is 3.22. The molecular weight excluding hydrogens is 202 g/mol. The van der Waals surface area contributed by atoms with Gasteiger partial charge in [-0.1, -0.05) is 12.2 Å². The number of hydrogen-bond donors (Lipinski definition) is 1. The highest BCUT2D eigenvalue weighted by atomic mass is 16.5. The van der Waals surface area contributed by atoms with Crippen molar-refractivity contribution in [2.24, 2.45) is 16.6 Å². The summed E-state index contributed by atoms with van der Waals surface area (Å²) in [4.78, 5) is 6.62. The van der Waals surface area contributed by atoms with Crippen LogP contribution in [0.4, 0.5) is 0 Å². The van der Waals surface area contributed by atoms with Crippen LogP contribution in [-0.2, 0) is 4.74 Å². The van der Waals surface area contributed by atoms with Crippen molar-refractivity contribution in [3.63, 3.8) is 0 Å². The van der Waals surface area contributed by atoms with Crippen LogP contribution >= 0.6 is 0 Å². The minimum Gasteiger partial charge on any atom is -0.378 e. The molecular formula is C12H21N3O. The highest BCUT2D eigenvalue weighted by molar-refractivity contribution is 5.78. The van der Waals surface area contributed by atoms with Gasteiger partial charge >= 0.3 is 0 Å². The molecule has 0 aromatic carbocycles. The number of nitrogens with zero attached hydrogens (tertiary/aromatic N) is 2. The quantitative estimate of drug-likeness (QED) is 0.431. The molecule has 0 bridgehead atoms. The van der Waals surface area contributed by atoms with Crippen LogP contribution in [-0.4, -0.2) is 43.7 Å². The van der Waals surface area contributed by atoms with Crippen molar-refractivity contribution < 1.29 is 4.74 Å². The molecule has 0 aromatic heterocycles. The van der Waals surface area contributed by atoms with Gasteiger partial charge in [0.25, 0.3) is 0 Å². The smallest absolute Gasteiger partial charge is 0.191 e. The van der Waals surface area contributed by atoms with Gasteiger partial charge in [-0.25, -0.2) is 0 Å². The summed E-state index contributed by atoms with van der Waals surface area (Å²) in [6.45, 7) is 4.15. The third kappa shape index (κ3) is 3.23. The molecule has 1 unspecified atom stereocenters. The summed E-state index contributed by atoms with van der Waals surface area (Å²) < 4.78 is 5.28. The van der Waals surface area contributed by atoms with E-state index in [1.165, 1.54) is 12.8 Å². The molecule has 0 radical (unpaired) electrons. The van der Waals surface area contributed by atoms with E-state index in [2.05, 4.69) is 22.0 Å². The molecule has 90 valence electrons. The fourth-order valence-electron chi connectivity index (χ4n) is 2.14. The van der Waals surface area contributed by atoms with Crippen molar-refractivity contribution in [1.29, 1.82) is 0 Å². The first-order chi connectivity index (χ1) is 7.86. The second kappa shape index (κ2) is 5.89. The maximum atomic E-state index is 5.97. The van der Waals surface area contributed by atoms with E-state index in [-0.39, 0.29) is 0 Å². The van der Waals surface area contributed by atoms with Gasteiger partial charge in [0.1, 0.15) is 0 Å². The number of ether oxygens (including phenoxy) is 1. The molecule has 1 atom stereocenters. The van der Waals surface area contributed by atoms with Gasteiger partial charge in [-0.15, -0.1) is 0 Å². The molecule has 16 heavy (non-hydrogen) atoms. The summed E-state index contributed by atoms with van der Waals surface area (Å²) in [6, 6.07) is 0. The maximum Gasteiger partial charge on any atom is 0.191 e. The van der Waals surface area contributed by atoms with Gasteiger partial charge < -0.3 is 15.4 Å². The molecule has 1 aliphatic carbocycles. The Labute approximate surface area is 97.2 Å². The first kappa shape index (κ1) is 11.5. The Morgan fingerprint density at radius 2 is 2.19 bits per heavy atom. The lowest BCUT2D eigenvalue weighted by molar-refractivity contribution is 0.0674. The summed E-state index contributed by atoms with van der Waals surface area (Å²) in [5.41, 5.74) is 5.97. The Morgan fingerprint density at radius 1 is 1.38 bits per heavy atom. The molecule has 2 N–H and O–H groups in total. The SMILES string of the molecule is NC(=NCC1CC=CCC1)N1CCOCC1. The lowest BCUT2D eigenvalue weighted by Gasteiger charge is -2.28. The number of hydrogen-bond acceptors (Lipinski definition) is 2. The molecule has 4 heteroatoms. The first-order valence-corrected chi connectivity index (χ1v) is 6.14. The van der Waals surface area contributed by atoms with Crippen LogP contribution in [0.3, 0.4) is 0 Å². The number of allylic oxidation sites excluding steroid dienone is 2. The molecule has 1 aliphatic heterocycles. The number of guanidine groups is 1. The standard InChI is InChI=1S/C12H21N3O/c13-12(15-6-8-16-9-7-15)14-10-11-4-2-1-3-5-11/h1-2,11H,3-10H2,(H2,13,14). The van der Waals surface area contributed by atoms with Gasteiger partial charge in [0.05, 0.1) is 13.2 Å². The van der Waals surface area contributed by atoms with Crippen LogP contribution in [0.1, 0.15) is 19.3 Å². The minimum absolute atomic E-state index is 0.685. The highest BCUT2D eigenvalue weighted by Gasteiger charge is 2.13. The predicted molar refractivity (Wildman–Crippen MR) is 65.4 cm³/mol. The van der Waals surface area contributed by atoms with Gasteiger partial charge in [0.15, 0.2) is 5.96 Å². The van der Waals surface area contributed by atoms with E-state index >= 15 is 0 Å². The Kier molecular flexibility index (Phi) is 4.22. The molecule has 0 spiro atoms. The van der Waals surface area contributed by atoms with Crippen LogP contribution < -0.4 is 5.73 Å². The lowest BCUT2D eigenvalue weighted by atomic mass is 9.95. The summed E-state index contributed by atoms with van der Waals surface area (Å²) >= 11 is 0. The molecule has 1 saturated heterocycles. The van der Waals surface area contributed by atoms with E-state index < -0.39 is 0 Å². The number of nitrogens with two attached hydrogens (primary N) is 1. The number of morpholine rings is 1. The molecule has 0 saturated carbocycles. The Hall–Kier alpha value is -1.03. The summed E-state index contributed by atoms with van der Waals surface area (Å²) in [5.74, 6) is 1.38. The van der Waals surface area contributed by atoms with Crippen molar-refractivity contribution in [3.8, 4) is 0 Å². The molecule has 2 aliphatic rings. The largest absolute Gasteiger partial charge is 0.378 e. The maximum absolute atomic E-state index is 5.97. The lowest BCUT2D eigenvalue weighted by Crippen LogP contribution is -2.45. The van der Waals surface area contributed by atoms with Gasteiger partial charge in [0.2, 0.25) is 0 Å². The number of rotatable bonds is 2. The zero-order valence-corrected chi connectivity index (χ0v) is 9.77. The van der Waals surface area contributed by atoms with E-state index in [1.807, 2.05) is 0 Å². The van der Waals surface area contributed by atoms with Crippen LogP contribution in [0.2, 0.25) is 0 Å². The van der Waals surface area contributed by atoms with E-state index in [1.54, 1.807) is 0 Å². The van der Waals surface area contributed by atoms with Crippen molar-refractivity contribution in [1.82, 2.24) is 4.90 Å². The summed E-state index contributed by atoms with van der Waals surface area (Å²) in [7, 11) is 0. The third-order valence-corrected chi connectivity index (χ3v) is 3.22. The van der Waals surface area contributed by atoms with Gasteiger partial charge in [-0.3, -0.25) is 4.99 Å². The highest BCUT2D eigenvalue weighted by Crippen LogP contribution is 2.18.